The quantitative estimate of drug-likeness (QED) is 0.266. The van der Waals surface area contributed by atoms with Crippen molar-refractivity contribution in [2.75, 3.05) is 5.75 Å². The molecule has 0 amide bonds. The maximum Gasteiger partial charge on any atom is -0.00953 e. The van der Waals surface area contributed by atoms with E-state index in [-0.39, 0.29) is 0 Å². The van der Waals surface area contributed by atoms with Crippen LogP contribution < -0.4 is 0 Å². The average molecular weight is 273 g/mol. The van der Waals surface area contributed by atoms with Gasteiger partial charge in [-0.3, -0.25) is 0 Å². The summed E-state index contributed by atoms with van der Waals surface area (Å²) in [6, 6.07) is 0. The van der Waals surface area contributed by atoms with E-state index in [1.54, 1.807) is 0 Å². The van der Waals surface area contributed by atoms with E-state index in [0.29, 0.717) is 0 Å². The lowest BCUT2D eigenvalue weighted by atomic mass is 9.93. The fourth-order valence-electron chi connectivity index (χ4n) is 2.77. The lowest BCUT2D eigenvalue weighted by Gasteiger charge is -2.14. The van der Waals surface area contributed by atoms with Gasteiger partial charge in [0.05, 0.1) is 0 Å². The fourth-order valence-corrected chi connectivity index (χ4v) is 3.13. The molecule has 0 saturated carbocycles. The Morgan fingerprint density at radius 3 is 1.67 bits per heavy atom. The highest BCUT2D eigenvalue weighted by atomic mass is 32.1. The molecule has 0 rings (SSSR count). The van der Waals surface area contributed by atoms with Gasteiger partial charge in [0.25, 0.3) is 0 Å². The number of hydrogen-bond acceptors (Lipinski definition) is 1. The first-order chi connectivity index (χ1) is 8.85. The van der Waals surface area contributed by atoms with Crippen LogP contribution in [0.1, 0.15) is 97.3 Å². The highest BCUT2D eigenvalue weighted by molar-refractivity contribution is 7.80. The molecule has 1 unspecified atom stereocenters. The third-order valence-electron chi connectivity index (χ3n) is 3.95. The van der Waals surface area contributed by atoms with E-state index in [0.717, 1.165) is 11.7 Å². The third kappa shape index (κ3) is 12.8. The molecule has 0 aromatic rings. The third-order valence-corrected chi connectivity index (χ3v) is 4.21. The lowest BCUT2D eigenvalue weighted by molar-refractivity contribution is 0.410. The molecule has 0 aliphatic carbocycles. The predicted molar refractivity (Wildman–Crippen MR) is 88.7 cm³/mol. The van der Waals surface area contributed by atoms with Gasteiger partial charge in [0.2, 0.25) is 0 Å². The van der Waals surface area contributed by atoms with Crippen molar-refractivity contribution >= 4 is 12.6 Å². The Balaban J connectivity index is 3.21. The molecule has 0 spiro atoms. The molecule has 0 nitrogen and oxygen atoms in total. The summed E-state index contributed by atoms with van der Waals surface area (Å²) in [5, 5.41) is 0. The van der Waals surface area contributed by atoms with Gasteiger partial charge in [-0.2, -0.15) is 12.6 Å². The molecular formula is C17H36S. The Hall–Kier alpha value is 0.350. The number of thiol groups is 1. The second-order valence-corrected chi connectivity index (χ2v) is 6.23. The Labute approximate surface area is 122 Å². The van der Waals surface area contributed by atoms with Crippen molar-refractivity contribution in [2.24, 2.45) is 5.92 Å². The van der Waals surface area contributed by atoms with Crippen molar-refractivity contribution in [3.05, 3.63) is 0 Å². The SMILES string of the molecule is CCCCCCCCCCCC(CCC)CCS. The van der Waals surface area contributed by atoms with Crippen LogP contribution in [0.5, 0.6) is 0 Å². The molecule has 110 valence electrons. The molecule has 0 saturated heterocycles. The van der Waals surface area contributed by atoms with Crippen LogP contribution in [0, 0.1) is 5.92 Å². The van der Waals surface area contributed by atoms with E-state index < -0.39 is 0 Å². The number of unbranched alkanes of at least 4 members (excludes halogenated alkanes) is 8. The van der Waals surface area contributed by atoms with Gasteiger partial charge in [0.15, 0.2) is 0 Å². The Morgan fingerprint density at radius 1 is 0.611 bits per heavy atom. The number of hydrogen-bond donors (Lipinski definition) is 1. The molecule has 18 heavy (non-hydrogen) atoms. The molecule has 1 atom stereocenters. The predicted octanol–water partition coefficient (Wildman–Crippen LogP) is 6.64. The van der Waals surface area contributed by atoms with Crippen LogP contribution in [0.3, 0.4) is 0 Å². The van der Waals surface area contributed by atoms with Gasteiger partial charge in [-0.1, -0.05) is 90.9 Å². The van der Waals surface area contributed by atoms with Crippen LogP contribution in [0.15, 0.2) is 0 Å². The van der Waals surface area contributed by atoms with Crippen molar-refractivity contribution < 1.29 is 0 Å². The van der Waals surface area contributed by atoms with Gasteiger partial charge in [-0.05, 0) is 18.1 Å². The first-order valence-electron chi connectivity index (χ1n) is 8.46. The molecule has 1 heteroatoms. The van der Waals surface area contributed by atoms with E-state index >= 15 is 0 Å². The van der Waals surface area contributed by atoms with E-state index in [4.69, 9.17) is 0 Å². The normalized spacial score (nSPS) is 12.8. The van der Waals surface area contributed by atoms with Gasteiger partial charge >= 0.3 is 0 Å². The summed E-state index contributed by atoms with van der Waals surface area (Å²) in [6.07, 6.45) is 18.6. The summed E-state index contributed by atoms with van der Waals surface area (Å²) in [7, 11) is 0. The van der Waals surface area contributed by atoms with Gasteiger partial charge in [0, 0.05) is 0 Å². The van der Waals surface area contributed by atoms with Crippen LogP contribution in [0.4, 0.5) is 0 Å². The second kappa shape index (κ2) is 15.4. The van der Waals surface area contributed by atoms with Gasteiger partial charge in [0.1, 0.15) is 0 Å². The van der Waals surface area contributed by atoms with E-state index in [1.807, 2.05) is 0 Å². The lowest BCUT2D eigenvalue weighted by Crippen LogP contribution is -2.01. The highest BCUT2D eigenvalue weighted by Crippen LogP contribution is 2.20. The van der Waals surface area contributed by atoms with Crippen LogP contribution in [0.2, 0.25) is 0 Å². The first kappa shape index (κ1) is 18.4. The number of rotatable bonds is 14. The summed E-state index contributed by atoms with van der Waals surface area (Å²) in [5.74, 6) is 2.03. The zero-order valence-electron chi connectivity index (χ0n) is 12.9. The van der Waals surface area contributed by atoms with Gasteiger partial charge in [-0.25, -0.2) is 0 Å². The summed E-state index contributed by atoms with van der Waals surface area (Å²) >= 11 is 4.37. The molecule has 0 aromatic heterocycles. The first-order valence-corrected chi connectivity index (χ1v) is 9.09. The van der Waals surface area contributed by atoms with Crippen molar-refractivity contribution in [3.63, 3.8) is 0 Å². The highest BCUT2D eigenvalue weighted by Gasteiger charge is 2.05. The fraction of sp³-hybridized carbons (Fsp3) is 1.00. The minimum atomic E-state index is 0.956. The Morgan fingerprint density at radius 2 is 1.17 bits per heavy atom. The van der Waals surface area contributed by atoms with E-state index in [1.165, 1.54) is 83.5 Å². The van der Waals surface area contributed by atoms with E-state index in [2.05, 4.69) is 26.5 Å². The second-order valence-electron chi connectivity index (χ2n) is 5.78. The molecule has 0 N–H and O–H groups in total. The van der Waals surface area contributed by atoms with Crippen molar-refractivity contribution in [2.45, 2.75) is 97.3 Å². The molecule has 0 heterocycles. The monoisotopic (exact) mass is 272 g/mol. The van der Waals surface area contributed by atoms with Crippen molar-refractivity contribution in [1.29, 1.82) is 0 Å². The smallest absolute Gasteiger partial charge is 0.00953 e. The minimum Gasteiger partial charge on any atom is -0.179 e. The minimum absolute atomic E-state index is 0.956. The van der Waals surface area contributed by atoms with Crippen LogP contribution in [-0.4, -0.2) is 5.75 Å². The van der Waals surface area contributed by atoms with Crippen LogP contribution in [0.25, 0.3) is 0 Å². The van der Waals surface area contributed by atoms with Gasteiger partial charge < -0.3 is 0 Å². The molecule has 0 aromatic carbocycles. The van der Waals surface area contributed by atoms with Crippen molar-refractivity contribution in [1.82, 2.24) is 0 Å². The Bertz CT molecular complexity index is 139. The summed E-state index contributed by atoms with van der Waals surface area (Å²) in [6.45, 7) is 4.60. The van der Waals surface area contributed by atoms with Gasteiger partial charge in [-0.15, -0.1) is 0 Å². The topological polar surface area (TPSA) is 0 Å². The largest absolute Gasteiger partial charge is 0.179 e. The van der Waals surface area contributed by atoms with Crippen LogP contribution in [-0.2, 0) is 0 Å². The molecule has 0 aliphatic heterocycles. The zero-order valence-corrected chi connectivity index (χ0v) is 13.8. The molecule has 0 fully saturated rings. The zero-order chi connectivity index (χ0) is 13.5. The molecular weight excluding hydrogens is 236 g/mol. The molecule has 0 bridgehead atoms. The standard InChI is InChI=1S/C17H36S/c1-3-5-6-7-8-9-10-11-12-14-17(13-4-2)15-16-18/h17-18H,3-16H2,1-2H3. The van der Waals surface area contributed by atoms with Crippen molar-refractivity contribution in [3.8, 4) is 0 Å². The van der Waals surface area contributed by atoms with Crippen LogP contribution >= 0.6 is 12.6 Å². The summed E-state index contributed by atoms with van der Waals surface area (Å²) in [5.41, 5.74) is 0. The molecule has 0 radical (unpaired) electrons. The maximum absolute atomic E-state index is 4.37. The van der Waals surface area contributed by atoms with E-state index in [9.17, 15) is 0 Å². The summed E-state index contributed by atoms with van der Waals surface area (Å²) < 4.78 is 0. The maximum atomic E-state index is 4.37. The molecule has 0 aliphatic rings. The summed E-state index contributed by atoms with van der Waals surface area (Å²) in [4.78, 5) is 0. The average Bonchev–Trinajstić information content (AvgIpc) is 2.37. The Kier molecular flexibility index (Phi) is 15.7.